The van der Waals surface area contributed by atoms with Crippen molar-refractivity contribution in [3.05, 3.63) is 0 Å². The Morgan fingerprint density at radius 1 is 1.24 bits per heavy atom. The third-order valence-electron chi connectivity index (χ3n) is 3.85. The summed E-state index contributed by atoms with van der Waals surface area (Å²) in [7, 11) is 0. The van der Waals surface area contributed by atoms with Gasteiger partial charge in [0, 0.05) is 12.6 Å². The van der Waals surface area contributed by atoms with Gasteiger partial charge in [-0.3, -0.25) is 0 Å². The summed E-state index contributed by atoms with van der Waals surface area (Å²) in [6.07, 6.45) is 5.21. The molecule has 0 bridgehead atoms. The lowest BCUT2D eigenvalue weighted by molar-refractivity contribution is 0.231. The third kappa shape index (κ3) is 5.24. The molecule has 0 radical (unpaired) electrons. The molecule has 1 fully saturated rings. The van der Waals surface area contributed by atoms with Gasteiger partial charge in [-0.25, -0.2) is 0 Å². The first-order chi connectivity index (χ1) is 8.00. The molecule has 2 nitrogen and oxygen atoms in total. The molecule has 0 amide bonds. The SMILES string of the molecule is CC(C)CCNC(=S)NC1C(C)CCCC1C. The molecule has 3 heteroatoms. The lowest BCUT2D eigenvalue weighted by atomic mass is 9.79. The summed E-state index contributed by atoms with van der Waals surface area (Å²) in [6, 6.07) is 0.558. The quantitative estimate of drug-likeness (QED) is 0.755. The Morgan fingerprint density at radius 3 is 2.35 bits per heavy atom. The topological polar surface area (TPSA) is 24.1 Å². The van der Waals surface area contributed by atoms with E-state index < -0.39 is 0 Å². The lowest BCUT2D eigenvalue weighted by Gasteiger charge is -2.36. The smallest absolute Gasteiger partial charge is 0.166 e. The van der Waals surface area contributed by atoms with E-state index >= 15 is 0 Å². The number of hydrogen-bond donors (Lipinski definition) is 2. The van der Waals surface area contributed by atoms with Crippen LogP contribution < -0.4 is 10.6 Å². The second-order valence-corrected chi connectivity index (χ2v) is 6.40. The second-order valence-electron chi connectivity index (χ2n) is 5.99. The number of hydrogen-bond acceptors (Lipinski definition) is 1. The highest BCUT2D eigenvalue weighted by Gasteiger charge is 2.27. The summed E-state index contributed by atoms with van der Waals surface area (Å²) in [5.74, 6) is 2.21. The first kappa shape index (κ1) is 14.7. The van der Waals surface area contributed by atoms with Crippen molar-refractivity contribution in [1.29, 1.82) is 0 Å². The van der Waals surface area contributed by atoms with Crippen LogP contribution in [0.2, 0.25) is 0 Å². The van der Waals surface area contributed by atoms with Crippen LogP contribution in [-0.4, -0.2) is 17.7 Å². The van der Waals surface area contributed by atoms with Crippen LogP contribution in [0.3, 0.4) is 0 Å². The molecule has 100 valence electrons. The second kappa shape index (κ2) is 7.20. The van der Waals surface area contributed by atoms with Gasteiger partial charge in [0.1, 0.15) is 0 Å². The molecule has 0 aromatic carbocycles. The highest BCUT2D eigenvalue weighted by Crippen LogP contribution is 2.28. The summed E-state index contributed by atoms with van der Waals surface area (Å²) in [5, 5.41) is 7.68. The van der Waals surface area contributed by atoms with Gasteiger partial charge in [0.15, 0.2) is 5.11 Å². The van der Waals surface area contributed by atoms with Crippen LogP contribution in [-0.2, 0) is 0 Å². The fraction of sp³-hybridized carbons (Fsp3) is 0.929. The summed E-state index contributed by atoms with van der Waals surface area (Å²) in [6.45, 7) is 10.1. The number of thiocarbonyl (C=S) groups is 1. The van der Waals surface area contributed by atoms with E-state index in [0.29, 0.717) is 6.04 Å². The molecule has 2 atom stereocenters. The van der Waals surface area contributed by atoms with Crippen molar-refractivity contribution < 1.29 is 0 Å². The minimum atomic E-state index is 0.558. The maximum Gasteiger partial charge on any atom is 0.166 e. The molecule has 1 aliphatic rings. The van der Waals surface area contributed by atoms with Gasteiger partial charge in [0.25, 0.3) is 0 Å². The zero-order valence-corrected chi connectivity index (χ0v) is 12.6. The van der Waals surface area contributed by atoms with Gasteiger partial charge in [-0.1, -0.05) is 34.1 Å². The zero-order valence-electron chi connectivity index (χ0n) is 11.8. The molecule has 0 aromatic rings. The number of nitrogens with one attached hydrogen (secondary N) is 2. The van der Waals surface area contributed by atoms with Gasteiger partial charge in [0.05, 0.1) is 0 Å². The molecule has 0 saturated heterocycles. The van der Waals surface area contributed by atoms with Crippen LogP contribution in [0, 0.1) is 17.8 Å². The van der Waals surface area contributed by atoms with Crippen molar-refractivity contribution in [1.82, 2.24) is 10.6 Å². The Labute approximate surface area is 112 Å². The van der Waals surface area contributed by atoms with E-state index in [1.807, 2.05) is 0 Å². The van der Waals surface area contributed by atoms with E-state index in [2.05, 4.69) is 38.3 Å². The normalized spacial score (nSPS) is 29.1. The van der Waals surface area contributed by atoms with E-state index in [0.717, 1.165) is 29.4 Å². The Balaban J connectivity index is 2.28. The van der Waals surface area contributed by atoms with E-state index in [1.165, 1.54) is 25.7 Å². The van der Waals surface area contributed by atoms with Crippen molar-refractivity contribution in [2.24, 2.45) is 17.8 Å². The molecule has 0 heterocycles. The van der Waals surface area contributed by atoms with Crippen LogP contribution in [0.4, 0.5) is 0 Å². The highest BCUT2D eigenvalue weighted by molar-refractivity contribution is 7.80. The Morgan fingerprint density at radius 2 is 1.82 bits per heavy atom. The van der Waals surface area contributed by atoms with Gasteiger partial charge >= 0.3 is 0 Å². The molecule has 2 unspecified atom stereocenters. The zero-order chi connectivity index (χ0) is 12.8. The molecule has 0 spiro atoms. The van der Waals surface area contributed by atoms with Crippen LogP contribution in [0.5, 0.6) is 0 Å². The molecule has 17 heavy (non-hydrogen) atoms. The monoisotopic (exact) mass is 256 g/mol. The Bertz CT molecular complexity index is 230. The van der Waals surface area contributed by atoms with Crippen molar-refractivity contribution in [2.75, 3.05) is 6.54 Å². The molecular formula is C14H28N2S. The van der Waals surface area contributed by atoms with E-state index in [4.69, 9.17) is 12.2 Å². The third-order valence-corrected chi connectivity index (χ3v) is 4.11. The Kier molecular flexibility index (Phi) is 6.24. The molecule has 1 rings (SSSR count). The van der Waals surface area contributed by atoms with Crippen LogP contribution in [0.15, 0.2) is 0 Å². The average molecular weight is 256 g/mol. The van der Waals surface area contributed by atoms with E-state index in [9.17, 15) is 0 Å². The van der Waals surface area contributed by atoms with Crippen LogP contribution in [0.25, 0.3) is 0 Å². The van der Waals surface area contributed by atoms with Gasteiger partial charge in [-0.15, -0.1) is 0 Å². The largest absolute Gasteiger partial charge is 0.363 e. The fourth-order valence-corrected chi connectivity index (χ4v) is 2.88. The maximum absolute atomic E-state index is 5.37. The van der Waals surface area contributed by atoms with Gasteiger partial charge in [-0.2, -0.15) is 0 Å². The first-order valence-electron chi connectivity index (χ1n) is 7.05. The van der Waals surface area contributed by atoms with Crippen molar-refractivity contribution in [3.8, 4) is 0 Å². The predicted molar refractivity (Wildman–Crippen MR) is 79.2 cm³/mol. The highest BCUT2D eigenvalue weighted by atomic mass is 32.1. The number of rotatable bonds is 4. The molecule has 1 saturated carbocycles. The summed E-state index contributed by atoms with van der Waals surface area (Å²) in [5.41, 5.74) is 0. The summed E-state index contributed by atoms with van der Waals surface area (Å²) < 4.78 is 0. The fourth-order valence-electron chi connectivity index (χ4n) is 2.64. The predicted octanol–water partition coefficient (Wildman–Crippen LogP) is 3.32. The molecule has 0 aromatic heterocycles. The standard InChI is InChI=1S/C14H28N2S/c1-10(2)8-9-15-14(17)16-13-11(3)6-5-7-12(13)4/h10-13H,5-9H2,1-4H3,(H2,15,16,17). The molecular weight excluding hydrogens is 228 g/mol. The van der Waals surface area contributed by atoms with Crippen LogP contribution in [0.1, 0.15) is 53.4 Å². The minimum Gasteiger partial charge on any atom is -0.363 e. The maximum atomic E-state index is 5.37. The minimum absolute atomic E-state index is 0.558. The molecule has 1 aliphatic carbocycles. The van der Waals surface area contributed by atoms with Crippen molar-refractivity contribution in [2.45, 2.75) is 59.4 Å². The van der Waals surface area contributed by atoms with E-state index in [-0.39, 0.29) is 0 Å². The summed E-state index contributed by atoms with van der Waals surface area (Å²) >= 11 is 5.37. The van der Waals surface area contributed by atoms with Crippen LogP contribution >= 0.6 is 12.2 Å². The van der Waals surface area contributed by atoms with Crippen molar-refractivity contribution >= 4 is 17.3 Å². The van der Waals surface area contributed by atoms with Gasteiger partial charge in [-0.05, 0) is 49.2 Å². The van der Waals surface area contributed by atoms with Crippen molar-refractivity contribution in [3.63, 3.8) is 0 Å². The summed E-state index contributed by atoms with van der Waals surface area (Å²) in [4.78, 5) is 0. The van der Waals surface area contributed by atoms with Gasteiger partial charge < -0.3 is 10.6 Å². The first-order valence-corrected chi connectivity index (χ1v) is 7.46. The Hall–Kier alpha value is -0.310. The van der Waals surface area contributed by atoms with E-state index in [1.54, 1.807) is 0 Å². The lowest BCUT2D eigenvalue weighted by Crippen LogP contribution is -2.49. The average Bonchev–Trinajstić information content (AvgIpc) is 2.23. The molecule has 2 N–H and O–H groups in total. The molecule has 0 aliphatic heterocycles. The van der Waals surface area contributed by atoms with Gasteiger partial charge in [0.2, 0.25) is 0 Å².